The zero-order valence-corrected chi connectivity index (χ0v) is 22.0. The monoisotopic (exact) mass is 538 g/mol. The van der Waals surface area contributed by atoms with Crippen molar-refractivity contribution in [1.29, 1.82) is 0 Å². The van der Waals surface area contributed by atoms with Gasteiger partial charge in [-0.25, -0.2) is 8.78 Å². The van der Waals surface area contributed by atoms with E-state index in [1.54, 1.807) is 33.2 Å². The van der Waals surface area contributed by atoms with Crippen molar-refractivity contribution in [3.05, 3.63) is 71.3 Å². The van der Waals surface area contributed by atoms with Gasteiger partial charge in [-0.05, 0) is 50.2 Å². The Labute approximate surface area is 196 Å². The van der Waals surface area contributed by atoms with Gasteiger partial charge in [-0.15, -0.1) is 0 Å². The Bertz CT molecular complexity index is 723. The first-order chi connectivity index (χ1) is 14.9. The third-order valence-corrected chi connectivity index (χ3v) is 8.12. The first-order valence-electron chi connectivity index (χ1n) is 10.8. The van der Waals surface area contributed by atoms with Gasteiger partial charge in [0, 0.05) is 11.1 Å². The standard InChI is InChI=1S/2C9H9FO.2C4H9.Sn/c2*1-2-3-7-6-8(10)4-5-9(7)11;2*1-3-4-2;/h2*2-6,11H,1H3;2*1,3-4H2,2H3;/b2*3-2-;;;. The number of allylic oxidation sites excluding steroid dienone is 2. The van der Waals surface area contributed by atoms with Crippen LogP contribution in [0.2, 0.25) is 8.87 Å². The molecule has 0 aromatic heterocycles. The number of halogens is 2. The van der Waals surface area contributed by atoms with Gasteiger partial charge in [0.1, 0.15) is 23.1 Å². The minimum absolute atomic E-state index is 0.101. The molecule has 0 aliphatic carbocycles. The molecule has 0 atom stereocenters. The fourth-order valence-electron chi connectivity index (χ4n) is 2.41. The van der Waals surface area contributed by atoms with Crippen molar-refractivity contribution in [1.82, 2.24) is 0 Å². The molecule has 31 heavy (non-hydrogen) atoms. The fourth-order valence-corrected chi connectivity index (χ4v) is 6.56. The van der Waals surface area contributed by atoms with Gasteiger partial charge in [0.25, 0.3) is 0 Å². The minimum atomic E-state index is -0.337. The Kier molecular flexibility index (Phi) is 17.8. The second-order valence-electron chi connectivity index (χ2n) is 6.86. The van der Waals surface area contributed by atoms with Gasteiger partial charge >= 0.3 is 69.5 Å². The van der Waals surface area contributed by atoms with Gasteiger partial charge in [-0.3, -0.25) is 0 Å². The number of benzene rings is 2. The molecule has 0 unspecified atom stereocenters. The molecule has 0 bridgehead atoms. The van der Waals surface area contributed by atoms with E-state index in [9.17, 15) is 8.78 Å². The van der Waals surface area contributed by atoms with Crippen LogP contribution < -0.4 is 0 Å². The molecule has 0 saturated carbocycles. The summed E-state index contributed by atoms with van der Waals surface area (Å²) in [7, 11) is 0. The van der Waals surface area contributed by atoms with Crippen LogP contribution in [0.25, 0.3) is 12.2 Å². The number of phenolic OH excluding ortho intramolecular Hbond substituents is 2. The second kappa shape index (κ2) is 18.9. The summed E-state index contributed by atoms with van der Waals surface area (Å²) in [4.78, 5) is 0. The van der Waals surface area contributed by atoms with Gasteiger partial charge in [0.15, 0.2) is 0 Å². The van der Waals surface area contributed by atoms with Crippen LogP contribution in [-0.2, 0) is 0 Å². The normalized spacial score (nSPS) is 10.5. The zero-order chi connectivity index (χ0) is 23.5. The van der Waals surface area contributed by atoms with Crippen molar-refractivity contribution in [2.45, 2.75) is 62.3 Å². The molecule has 0 spiro atoms. The molecular weight excluding hydrogens is 501 g/mol. The van der Waals surface area contributed by atoms with Gasteiger partial charge < -0.3 is 10.2 Å². The number of rotatable bonds is 8. The number of aromatic hydroxyl groups is 2. The SMILES string of the molecule is C/C=C\c1cc(F)ccc1O.C/C=C\c1cc(F)ccc1O.CCC[CH2][Sn][CH2]CCC. The Balaban J connectivity index is 0.000000439. The summed E-state index contributed by atoms with van der Waals surface area (Å²) in [5.74, 6) is -0.471. The predicted octanol–water partition coefficient (Wildman–Crippen LogP) is 8.26. The quantitative estimate of drug-likeness (QED) is 0.263. The van der Waals surface area contributed by atoms with Crippen molar-refractivity contribution in [3.63, 3.8) is 0 Å². The number of unbranched alkanes of at least 4 members (excludes halogenated alkanes) is 2. The number of hydrogen-bond donors (Lipinski definition) is 2. The van der Waals surface area contributed by atoms with Crippen LogP contribution in [0.15, 0.2) is 48.6 Å². The van der Waals surface area contributed by atoms with Crippen LogP contribution in [0.1, 0.15) is 64.5 Å². The van der Waals surface area contributed by atoms with Crippen LogP contribution in [-0.4, -0.2) is 31.4 Å². The van der Waals surface area contributed by atoms with E-state index in [1.165, 1.54) is 62.1 Å². The summed E-state index contributed by atoms with van der Waals surface area (Å²) in [5.41, 5.74) is 1.01. The van der Waals surface area contributed by atoms with Crippen molar-refractivity contribution >= 4 is 33.3 Å². The molecule has 2 N–H and O–H groups in total. The van der Waals surface area contributed by atoms with E-state index in [1.807, 2.05) is 13.8 Å². The summed E-state index contributed by atoms with van der Waals surface area (Å²) in [5, 5.41) is 18.3. The van der Waals surface area contributed by atoms with Crippen LogP contribution in [0.3, 0.4) is 0 Å². The maximum atomic E-state index is 12.5. The fraction of sp³-hybridized carbons (Fsp3) is 0.385. The van der Waals surface area contributed by atoms with E-state index in [0.29, 0.717) is 11.1 Å². The average Bonchev–Trinajstić information content (AvgIpc) is 2.75. The van der Waals surface area contributed by atoms with Gasteiger partial charge in [0.2, 0.25) is 0 Å². The number of hydrogen-bond acceptors (Lipinski definition) is 2. The Hall–Kier alpha value is -1.82. The van der Waals surface area contributed by atoms with E-state index in [4.69, 9.17) is 10.2 Å². The predicted molar refractivity (Wildman–Crippen MR) is 131 cm³/mol. The van der Waals surface area contributed by atoms with Crippen molar-refractivity contribution in [2.75, 3.05) is 0 Å². The topological polar surface area (TPSA) is 40.5 Å². The summed E-state index contributed by atoms with van der Waals surface area (Å²) >= 11 is 0.149. The molecule has 0 heterocycles. The molecule has 0 saturated heterocycles. The Morgan fingerprint density at radius 3 is 1.45 bits per heavy atom. The first-order valence-corrected chi connectivity index (χ1v) is 14.9. The van der Waals surface area contributed by atoms with Gasteiger partial charge in [-0.1, -0.05) is 24.3 Å². The molecule has 2 nitrogen and oxygen atoms in total. The third-order valence-electron chi connectivity index (χ3n) is 4.09. The van der Waals surface area contributed by atoms with Crippen molar-refractivity contribution < 1.29 is 19.0 Å². The molecule has 0 amide bonds. The molecule has 170 valence electrons. The van der Waals surface area contributed by atoms with E-state index in [2.05, 4.69) is 13.8 Å². The average molecular weight is 537 g/mol. The van der Waals surface area contributed by atoms with Gasteiger partial charge in [0.05, 0.1) is 0 Å². The van der Waals surface area contributed by atoms with Crippen molar-refractivity contribution in [2.24, 2.45) is 0 Å². The Morgan fingerprint density at radius 2 is 1.13 bits per heavy atom. The maximum absolute atomic E-state index is 12.5. The van der Waals surface area contributed by atoms with E-state index >= 15 is 0 Å². The first kappa shape index (κ1) is 29.2. The summed E-state index contributed by atoms with van der Waals surface area (Å²) in [6.45, 7) is 8.20. The Morgan fingerprint density at radius 1 is 0.742 bits per heavy atom. The molecular formula is C26H36F2O2Sn. The third kappa shape index (κ3) is 14.8. The van der Waals surface area contributed by atoms with E-state index < -0.39 is 0 Å². The van der Waals surface area contributed by atoms with Crippen LogP contribution in [0.4, 0.5) is 8.78 Å². The number of phenols is 2. The molecule has 2 radical (unpaired) electrons. The zero-order valence-electron chi connectivity index (χ0n) is 19.2. The molecule has 2 aromatic carbocycles. The molecule has 2 aromatic rings. The molecule has 5 heteroatoms. The van der Waals surface area contributed by atoms with Crippen LogP contribution in [0.5, 0.6) is 11.5 Å². The van der Waals surface area contributed by atoms with Crippen LogP contribution >= 0.6 is 0 Å². The summed E-state index contributed by atoms with van der Waals surface area (Å²) in [6, 6.07) is 7.70. The summed E-state index contributed by atoms with van der Waals surface area (Å²) < 4.78 is 28.3. The van der Waals surface area contributed by atoms with E-state index in [-0.39, 0.29) is 44.3 Å². The molecule has 0 fully saturated rings. The molecule has 2 rings (SSSR count). The molecule has 0 aliphatic heterocycles. The second-order valence-corrected chi connectivity index (χ2v) is 11.1. The van der Waals surface area contributed by atoms with Crippen LogP contribution in [0, 0.1) is 11.6 Å². The molecule has 0 aliphatic rings. The van der Waals surface area contributed by atoms with Crippen molar-refractivity contribution in [3.8, 4) is 11.5 Å². The summed E-state index contributed by atoms with van der Waals surface area (Å²) in [6.07, 6.45) is 12.6. The van der Waals surface area contributed by atoms with E-state index in [0.717, 1.165) is 0 Å². The van der Waals surface area contributed by atoms with Gasteiger partial charge in [-0.2, -0.15) is 0 Å².